The minimum absolute atomic E-state index is 0.0794. The van der Waals surface area contributed by atoms with Gasteiger partial charge < -0.3 is 14.2 Å². The van der Waals surface area contributed by atoms with Crippen LogP contribution in [0.1, 0.15) is 6.92 Å². The Hall–Kier alpha value is -3.15. The summed E-state index contributed by atoms with van der Waals surface area (Å²) in [6, 6.07) is 5.28. The van der Waals surface area contributed by atoms with Crippen LogP contribution in [0, 0.1) is 29.1 Å². The molecule has 2 aromatic rings. The summed E-state index contributed by atoms with van der Waals surface area (Å²) in [6.07, 6.45) is 0. The van der Waals surface area contributed by atoms with Gasteiger partial charge in [-0.15, -0.1) is 0 Å². The Morgan fingerprint density at radius 3 is 1.90 bits per heavy atom. The minimum atomic E-state index is -3.43. The Morgan fingerprint density at radius 1 is 0.897 bits per heavy atom. The molecule has 0 bridgehead atoms. The van der Waals surface area contributed by atoms with Crippen LogP contribution in [0.5, 0.6) is 17.2 Å². The number of hydrogen-bond donors (Lipinski definition) is 0. The molecule has 0 spiro atoms. The van der Waals surface area contributed by atoms with Crippen molar-refractivity contribution in [3.05, 3.63) is 53.4 Å². The Balaban J connectivity index is 2.65. The molecule has 2 rings (SSSR count). The fourth-order valence-electron chi connectivity index (χ4n) is 2.12. The molecular weight excluding hydrogens is 414 g/mol. The van der Waals surface area contributed by atoms with Gasteiger partial charge in [-0.05, 0) is 19.1 Å². The quantitative estimate of drug-likeness (QED) is 0.276. The molecule has 29 heavy (non-hydrogen) atoms. The zero-order valence-corrected chi connectivity index (χ0v) is 14.7. The van der Waals surface area contributed by atoms with Gasteiger partial charge in [0.05, 0.1) is 13.7 Å². The summed E-state index contributed by atoms with van der Waals surface area (Å²) < 4.78 is 100. The number of carbonyl (C=O) groups excluding carboxylic acids is 1. The smallest absolute Gasteiger partial charge is 0.481 e. The van der Waals surface area contributed by atoms with Crippen molar-refractivity contribution >= 4 is 5.97 Å². The van der Waals surface area contributed by atoms with Gasteiger partial charge in [-0.25, -0.2) is 22.9 Å². The second-order valence-corrected chi connectivity index (χ2v) is 5.11. The number of methoxy groups -OCH3 is 1. The zero-order chi connectivity index (χ0) is 21.8. The third kappa shape index (κ3) is 4.16. The van der Waals surface area contributed by atoms with E-state index in [-0.39, 0.29) is 11.5 Å². The lowest BCUT2D eigenvalue weighted by Gasteiger charge is -2.30. The zero-order valence-electron chi connectivity index (χ0n) is 14.7. The van der Waals surface area contributed by atoms with Crippen LogP contribution in [0.15, 0.2) is 24.3 Å². The van der Waals surface area contributed by atoms with Gasteiger partial charge in [0.25, 0.3) is 0 Å². The van der Waals surface area contributed by atoms with E-state index in [1.165, 1.54) is 32.2 Å². The van der Waals surface area contributed by atoms with Crippen LogP contribution >= 0.6 is 0 Å². The summed E-state index contributed by atoms with van der Waals surface area (Å²) in [6.45, 7) is 0.716. The number of benzene rings is 2. The van der Waals surface area contributed by atoms with Gasteiger partial charge in [0.15, 0.2) is 11.5 Å². The summed E-state index contributed by atoms with van der Waals surface area (Å²) in [5, 5.41) is 0. The predicted molar refractivity (Wildman–Crippen MR) is 82.0 cm³/mol. The van der Waals surface area contributed by atoms with E-state index < -0.39 is 53.4 Å². The fraction of sp³-hybridized carbons (Fsp3) is 0.235. The van der Waals surface area contributed by atoms with E-state index in [2.05, 4.69) is 9.68 Å². The molecule has 0 aliphatic carbocycles. The van der Waals surface area contributed by atoms with Crippen molar-refractivity contribution in [1.82, 2.24) is 0 Å². The van der Waals surface area contributed by atoms with Crippen molar-refractivity contribution in [2.75, 3.05) is 13.7 Å². The SMILES string of the molecule is CCOC(Oc1ccccc1OC)(Oc1c(F)c(F)c(F)c(F)c1F)C(=O)OF. The largest absolute Gasteiger partial charge is 0.493 e. The first-order valence-corrected chi connectivity index (χ1v) is 7.71. The maximum atomic E-state index is 14.0. The van der Waals surface area contributed by atoms with Gasteiger partial charge >= 0.3 is 11.9 Å². The average Bonchev–Trinajstić information content (AvgIpc) is 2.73. The van der Waals surface area contributed by atoms with E-state index in [1.807, 2.05) is 0 Å². The number of hydrogen-bond acceptors (Lipinski definition) is 6. The van der Waals surface area contributed by atoms with E-state index in [0.29, 0.717) is 0 Å². The van der Waals surface area contributed by atoms with Crippen LogP contribution in [-0.2, 0) is 14.5 Å². The monoisotopic (exact) mass is 426 g/mol. The van der Waals surface area contributed by atoms with Crippen LogP contribution in [0.2, 0.25) is 0 Å². The van der Waals surface area contributed by atoms with Gasteiger partial charge in [0, 0.05) is 4.53 Å². The van der Waals surface area contributed by atoms with Crippen LogP contribution in [0.25, 0.3) is 0 Å². The summed E-state index contributed by atoms with van der Waals surface area (Å²) in [4.78, 5) is 15.0. The molecule has 0 aliphatic rings. The van der Waals surface area contributed by atoms with E-state index in [1.54, 1.807) is 0 Å². The molecule has 1 atom stereocenters. The molecular formula is C17H12F6O6. The molecule has 0 N–H and O–H groups in total. The minimum Gasteiger partial charge on any atom is -0.493 e. The summed E-state index contributed by atoms with van der Waals surface area (Å²) in [7, 11) is 1.18. The Morgan fingerprint density at radius 2 is 1.41 bits per heavy atom. The lowest BCUT2D eigenvalue weighted by Crippen LogP contribution is -2.53. The van der Waals surface area contributed by atoms with Crippen molar-refractivity contribution in [3.8, 4) is 17.2 Å². The fourth-order valence-corrected chi connectivity index (χ4v) is 2.12. The van der Waals surface area contributed by atoms with E-state index in [0.717, 1.165) is 6.07 Å². The maximum absolute atomic E-state index is 14.0. The lowest BCUT2D eigenvalue weighted by molar-refractivity contribution is -0.312. The van der Waals surface area contributed by atoms with E-state index in [4.69, 9.17) is 14.2 Å². The average molecular weight is 426 g/mol. The second-order valence-electron chi connectivity index (χ2n) is 5.11. The first kappa shape index (κ1) is 22.1. The number of ether oxygens (including phenoxy) is 4. The number of para-hydroxylation sites is 2. The Labute approximate surface area is 159 Å². The molecule has 6 nitrogen and oxygen atoms in total. The molecule has 0 aliphatic heterocycles. The van der Waals surface area contributed by atoms with Crippen molar-refractivity contribution in [2.24, 2.45) is 0 Å². The molecule has 0 fully saturated rings. The summed E-state index contributed by atoms with van der Waals surface area (Å²) in [5.41, 5.74) is 0. The lowest BCUT2D eigenvalue weighted by atomic mass is 10.2. The van der Waals surface area contributed by atoms with E-state index >= 15 is 0 Å². The predicted octanol–water partition coefficient (Wildman–Crippen LogP) is 3.97. The summed E-state index contributed by atoms with van der Waals surface area (Å²) >= 11 is 0. The molecule has 0 amide bonds. The third-order valence-electron chi connectivity index (χ3n) is 3.37. The Bertz CT molecular complexity index is 879. The normalized spacial score (nSPS) is 12.8. The highest BCUT2D eigenvalue weighted by Crippen LogP contribution is 2.36. The van der Waals surface area contributed by atoms with E-state index in [9.17, 15) is 31.3 Å². The van der Waals surface area contributed by atoms with Crippen molar-refractivity contribution in [1.29, 1.82) is 0 Å². The molecule has 12 heteroatoms. The molecule has 2 aromatic carbocycles. The second kappa shape index (κ2) is 8.90. The third-order valence-corrected chi connectivity index (χ3v) is 3.37. The van der Waals surface area contributed by atoms with Crippen LogP contribution in [0.4, 0.5) is 26.5 Å². The molecule has 0 radical (unpaired) electrons. The molecule has 0 saturated heterocycles. The maximum Gasteiger partial charge on any atom is 0.481 e. The molecule has 0 heterocycles. The van der Waals surface area contributed by atoms with Gasteiger partial charge in [-0.1, -0.05) is 12.1 Å². The van der Waals surface area contributed by atoms with Crippen LogP contribution in [0.3, 0.4) is 0 Å². The van der Waals surface area contributed by atoms with Gasteiger partial charge in [0.1, 0.15) is 0 Å². The standard InChI is InChI=1S/C17H12F6O6/c1-3-26-17(16(24)29-23,27-9-7-5-4-6-8(9)25-2)28-15-13(21)11(19)10(18)12(20)14(15)22/h4-7H,3H2,1-2H3. The van der Waals surface area contributed by atoms with Crippen molar-refractivity contribution in [2.45, 2.75) is 12.9 Å². The number of carbonyl (C=O) groups is 1. The molecule has 0 saturated carbocycles. The first-order valence-electron chi connectivity index (χ1n) is 7.71. The van der Waals surface area contributed by atoms with Gasteiger partial charge in [-0.3, -0.25) is 4.74 Å². The highest BCUT2D eigenvalue weighted by molar-refractivity contribution is 5.76. The first-order chi connectivity index (χ1) is 13.7. The molecule has 158 valence electrons. The highest BCUT2D eigenvalue weighted by atomic mass is 19.3. The number of rotatable bonds is 8. The summed E-state index contributed by atoms with van der Waals surface area (Å²) in [5.74, 6) is -20.2. The van der Waals surface area contributed by atoms with Gasteiger partial charge in [0.2, 0.25) is 34.8 Å². The topological polar surface area (TPSA) is 63.2 Å². The van der Waals surface area contributed by atoms with Crippen LogP contribution < -0.4 is 14.2 Å². The van der Waals surface area contributed by atoms with Crippen molar-refractivity contribution in [3.63, 3.8) is 0 Å². The number of halogens is 6. The van der Waals surface area contributed by atoms with Gasteiger partial charge in [-0.2, -0.15) is 8.78 Å². The Kier molecular flexibility index (Phi) is 6.80. The van der Waals surface area contributed by atoms with Crippen LogP contribution in [-0.4, -0.2) is 25.7 Å². The highest BCUT2D eigenvalue weighted by Gasteiger charge is 2.52. The molecule has 0 aromatic heterocycles. The van der Waals surface area contributed by atoms with Crippen molar-refractivity contribution < 1.29 is 55.2 Å². The molecule has 1 unspecified atom stereocenters.